The normalized spacial score (nSPS) is 12.6. The Morgan fingerprint density at radius 2 is 1.86 bits per heavy atom. The molecule has 0 amide bonds. The maximum atomic E-state index is 9.13. The van der Waals surface area contributed by atoms with Crippen LogP contribution in [0.5, 0.6) is 5.75 Å². The van der Waals surface area contributed by atoms with E-state index in [4.69, 9.17) is 14.9 Å². The molecule has 0 saturated carbocycles. The van der Waals surface area contributed by atoms with Crippen molar-refractivity contribution in [2.24, 2.45) is 0 Å². The summed E-state index contributed by atoms with van der Waals surface area (Å²) in [6, 6.07) is 5.86. The Bertz CT molecular complexity index is 276. The Kier molecular flexibility index (Phi) is 3.92. The van der Waals surface area contributed by atoms with Crippen LogP contribution in [0.4, 0.5) is 0 Å². The minimum absolute atomic E-state index is 0.127. The van der Waals surface area contributed by atoms with Gasteiger partial charge in [0.05, 0.1) is 6.61 Å². The number of aliphatic hydroxyl groups is 2. The molecule has 0 saturated heterocycles. The van der Waals surface area contributed by atoms with Crippen molar-refractivity contribution in [1.82, 2.24) is 0 Å². The highest BCUT2D eigenvalue weighted by atomic mass is 16.5. The molecule has 0 aromatic heterocycles. The number of rotatable bonds is 4. The Hall–Kier alpha value is -1.06. The van der Waals surface area contributed by atoms with Gasteiger partial charge in [-0.05, 0) is 25.0 Å². The lowest BCUT2D eigenvalue weighted by molar-refractivity contribution is 0.0532. The molecular formula is C11H16O3. The van der Waals surface area contributed by atoms with Crippen molar-refractivity contribution in [3.8, 4) is 5.75 Å². The summed E-state index contributed by atoms with van der Waals surface area (Å²) in [5.41, 5.74) is 2.07. The first-order valence-corrected chi connectivity index (χ1v) is 4.63. The molecule has 0 spiro atoms. The average Bonchev–Trinajstić information content (AvgIpc) is 2.16. The molecule has 1 aromatic carbocycles. The van der Waals surface area contributed by atoms with Crippen molar-refractivity contribution in [1.29, 1.82) is 0 Å². The van der Waals surface area contributed by atoms with E-state index >= 15 is 0 Å². The molecule has 0 aliphatic heterocycles. The van der Waals surface area contributed by atoms with Gasteiger partial charge in [-0.3, -0.25) is 0 Å². The fourth-order valence-corrected chi connectivity index (χ4v) is 1.26. The van der Waals surface area contributed by atoms with E-state index in [9.17, 15) is 0 Å². The molecule has 78 valence electrons. The van der Waals surface area contributed by atoms with E-state index in [1.54, 1.807) is 0 Å². The lowest BCUT2D eigenvalue weighted by Gasteiger charge is -2.13. The SMILES string of the molecule is Cc1cccc(C)c1OC[C@@H](O)CO. The van der Waals surface area contributed by atoms with Crippen molar-refractivity contribution in [2.45, 2.75) is 20.0 Å². The monoisotopic (exact) mass is 196 g/mol. The molecule has 1 aromatic rings. The van der Waals surface area contributed by atoms with Crippen molar-refractivity contribution in [3.05, 3.63) is 29.3 Å². The van der Waals surface area contributed by atoms with Crippen molar-refractivity contribution < 1.29 is 14.9 Å². The van der Waals surface area contributed by atoms with Crippen LogP contribution in [0.1, 0.15) is 11.1 Å². The van der Waals surface area contributed by atoms with Crippen LogP contribution in [-0.4, -0.2) is 29.5 Å². The van der Waals surface area contributed by atoms with Crippen LogP contribution in [0.2, 0.25) is 0 Å². The number of ether oxygens (including phenoxy) is 1. The number of benzene rings is 1. The van der Waals surface area contributed by atoms with Crippen LogP contribution in [0.25, 0.3) is 0 Å². The van der Waals surface area contributed by atoms with Crippen LogP contribution in [0.15, 0.2) is 18.2 Å². The Balaban J connectivity index is 2.66. The lowest BCUT2D eigenvalue weighted by Crippen LogP contribution is -2.21. The van der Waals surface area contributed by atoms with E-state index in [1.807, 2.05) is 32.0 Å². The third kappa shape index (κ3) is 2.72. The molecule has 3 nitrogen and oxygen atoms in total. The molecule has 3 heteroatoms. The zero-order chi connectivity index (χ0) is 10.6. The zero-order valence-electron chi connectivity index (χ0n) is 8.53. The van der Waals surface area contributed by atoms with Crippen LogP contribution < -0.4 is 4.74 Å². The van der Waals surface area contributed by atoms with Crippen LogP contribution in [0, 0.1) is 13.8 Å². The van der Waals surface area contributed by atoms with Gasteiger partial charge in [-0.15, -0.1) is 0 Å². The van der Waals surface area contributed by atoms with Gasteiger partial charge in [-0.25, -0.2) is 0 Å². The van der Waals surface area contributed by atoms with E-state index in [0.717, 1.165) is 16.9 Å². The fourth-order valence-electron chi connectivity index (χ4n) is 1.26. The largest absolute Gasteiger partial charge is 0.490 e. The first kappa shape index (κ1) is 11.0. The summed E-state index contributed by atoms with van der Waals surface area (Å²) < 4.78 is 5.41. The summed E-state index contributed by atoms with van der Waals surface area (Å²) in [5, 5.41) is 17.7. The summed E-state index contributed by atoms with van der Waals surface area (Å²) in [7, 11) is 0. The molecule has 0 bridgehead atoms. The number of hydrogen-bond acceptors (Lipinski definition) is 3. The van der Waals surface area contributed by atoms with E-state index in [1.165, 1.54) is 0 Å². The third-order valence-electron chi connectivity index (χ3n) is 2.04. The summed E-state index contributed by atoms with van der Waals surface area (Å²) >= 11 is 0. The van der Waals surface area contributed by atoms with Gasteiger partial charge in [-0.2, -0.15) is 0 Å². The molecule has 0 heterocycles. The lowest BCUT2D eigenvalue weighted by atomic mass is 10.1. The molecule has 0 fully saturated rings. The minimum atomic E-state index is -0.811. The van der Waals surface area contributed by atoms with Gasteiger partial charge in [0.2, 0.25) is 0 Å². The van der Waals surface area contributed by atoms with Crippen LogP contribution >= 0.6 is 0 Å². The summed E-state index contributed by atoms with van der Waals surface area (Å²) in [6.45, 7) is 3.76. The summed E-state index contributed by atoms with van der Waals surface area (Å²) in [5.74, 6) is 0.792. The van der Waals surface area contributed by atoms with Gasteiger partial charge in [0, 0.05) is 0 Å². The van der Waals surface area contributed by atoms with E-state index < -0.39 is 6.10 Å². The van der Waals surface area contributed by atoms with Crippen molar-refractivity contribution in [3.63, 3.8) is 0 Å². The van der Waals surface area contributed by atoms with Crippen LogP contribution in [-0.2, 0) is 0 Å². The van der Waals surface area contributed by atoms with Gasteiger partial charge in [0.1, 0.15) is 18.5 Å². The first-order valence-electron chi connectivity index (χ1n) is 4.63. The predicted octanol–water partition coefficient (Wildman–Crippen LogP) is 1.04. The highest BCUT2D eigenvalue weighted by Crippen LogP contribution is 2.22. The molecule has 0 aliphatic carbocycles. The molecular weight excluding hydrogens is 180 g/mol. The highest BCUT2D eigenvalue weighted by Gasteiger charge is 2.06. The fraction of sp³-hybridized carbons (Fsp3) is 0.455. The maximum Gasteiger partial charge on any atom is 0.125 e. The van der Waals surface area contributed by atoms with Crippen molar-refractivity contribution in [2.75, 3.05) is 13.2 Å². The first-order chi connectivity index (χ1) is 6.65. The van der Waals surface area contributed by atoms with Gasteiger partial charge in [0.25, 0.3) is 0 Å². The van der Waals surface area contributed by atoms with E-state index in [0.29, 0.717) is 0 Å². The average molecular weight is 196 g/mol. The quantitative estimate of drug-likeness (QED) is 0.756. The van der Waals surface area contributed by atoms with Gasteiger partial charge >= 0.3 is 0 Å². The molecule has 14 heavy (non-hydrogen) atoms. The standard InChI is InChI=1S/C11H16O3/c1-8-4-3-5-9(2)11(8)14-7-10(13)6-12/h3-5,10,12-13H,6-7H2,1-2H3/t10-/m0/s1. The second-order valence-corrected chi connectivity index (χ2v) is 3.37. The second kappa shape index (κ2) is 4.98. The molecule has 2 N–H and O–H groups in total. The van der Waals surface area contributed by atoms with E-state index in [-0.39, 0.29) is 13.2 Å². The smallest absolute Gasteiger partial charge is 0.125 e. The van der Waals surface area contributed by atoms with Gasteiger partial charge in [-0.1, -0.05) is 18.2 Å². The third-order valence-corrected chi connectivity index (χ3v) is 2.04. The minimum Gasteiger partial charge on any atom is -0.490 e. The Labute approximate surface area is 84.0 Å². The molecule has 1 atom stereocenters. The number of aryl methyl sites for hydroxylation is 2. The number of aliphatic hydroxyl groups excluding tert-OH is 2. The van der Waals surface area contributed by atoms with Crippen molar-refractivity contribution >= 4 is 0 Å². The topological polar surface area (TPSA) is 49.7 Å². The van der Waals surface area contributed by atoms with Crippen LogP contribution in [0.3, 0.4) is 0 Å². The Morgan fingerprint density at radius 1 is 1.29 bits per heavy atom. The summed E-state index contributed by atoms with van der Waals surface area (Å²) in [6.07, 6.45) is -0.811. The Morgan fingerprint density at radius 3 is 2.36 bits per heavy atom. The van der Waals surface area contributed by atoms with Gasteiger partial charge in [0.15, 0.2) is 0 Å². The summed E-state index contributed by atoms with van der Waals surface area (Å²) in [4.78, 5) is 0. The maximum absolute atomic E-state index is 9.13. The molecule has 0 aliphatic rings. The number of hydrogen-bond donors (Lipinski definition) is 2. The molecule has 0 unspecified atom stereocenters. The predicted molar refractivity (Wildman–Crippen MR) is 54.5 cm³/mol. The molecule has 0 radical (unpaired) electrons. The number of para-hydroxylation sites is 1. The second-order valence-electron chi connectivity index (χ2n) is 3.37. The highest BCUT2D eigenvalue weighted by molar-refractivity contribution is 5.39. The zero-order valence-corrected chi connectivity index (χ0v) is 8.53. The molecule has 1 rings (SSSR count). The van der Waals surface area contributed by atoms with E-state index in [2.05, 4.69) is 0 Å². The van der Waals surface area contributed by atoms with Gasteiger partial charge < -0.3 is 14.9 Å².